The topological polar surface area (TPSA) is 121 Å². The fourth-order valence-electron chi connectivity index (χ4n) is 5.74. The van der Waals surface area contributed by atoms with Crippen LogP contribution in [0.4, 0.5) is 4.79 Å². The molecule has 3 aromatic carbocycles. The molecule has 9 heteroatoms. The molecule has 0 aliphatic carbocycles. The van der Waals surface area contributed by atoms with E-state index in [1.807, 2.05) is 49.9 Å². The molecule has 0 radical (unpaired) electrons. The number of ether oxygens (including phenoxy) is 1. The molecule has 0 bridgehead atoms. The Labute approximate surface area is 257 Å². The smallest absolute Gasteiger partial charge is 0.407 e. The Morgan fingerprint density at radius 3 is 2.34 bits per heavy atom. The molecule has 1 saturated heterocycles. The lowest BCUT2D eigenvalue weighted by molar-refractivity contribution is -0.161. The van der Waals surface area contributed by atoms with Crippen LogP contribution in [0.2, 0.25) is 0 Å². The maximum atomic E-state index is 13.6. The number of nitrogens with one attached hydrogen (secondary N) is 1. The summed E-state index contributed by atoms with van der Waals surface area (Å²) < 4.78 is 7.01. The molecule has 230 valence electrons. The minimum absolute atomic E-state index is 0.0787. The summed E-state index contributed by atoms with van der Waals surface area (Å²) in [6, 6.07) is 23.8. The van der Waals surface area contributed by atoms with Crippen molar-refractivity contribution < 1.29 is 29.3 Å². The van der Waals surface area contributed by atoms with Crippen LogP contribution in [0.15, 0.2) is 85.1 Å². The second-order valence-electron chi connectivity index (χ2n) is 12.4. The maximum Gasteiger partial charge on any atom is 0.407 e. The highest BCUT2D eigenvalue weighted by Gasteiger charge is 2.39. The summed E-state index contributed by atoms with van der Waals surface area (Å²) in [5.74, 6) is -1.12. The zero-order valence-corrected chi connectivity index (χ0v) is 25.3. The highest BCUT2D eigenvalue weighted by molar-refractivity contribution is 5.98. The summed E-state index contributed by atoms with van der Waals surface area (Å²) in [4.78, 5) is 39.6. The Balaban J connectivity index is 1.24. The first kappa shape index (κ1) is 30.8. The molecule has 2 amide bonds. The number of carboxylic acids is 1. The number of carbonyl (C=O) groups is 3. The van der Waals surface area contributed by atoms with Crippen LogP contribution in [-0.2, 0) is 28.2 Å². The Morgan fingerprint density at radius 1 is 0.932 bits per heavy atom. The number of hydrogen-bond acceptors (Lipinski definition) is 5. The molecular weight excluding hydrogens is 558 g/mol. The molecule has 44 heavy (non-hydrogen) atoms. The molecule has 1 fully saturated rings. The van der Waals surface area contributed by atoms with E-state index < -0.39 is 23.3 Å². The molecule has 3 N–H and O–H groups in total. The molecule has 4 aromatic rings. The van der Waals surface area contributed by atoms with Crippen LogP contribution in [0.5, 0.6) is 0 Å². The van der Waals surface area contributed by atoms with Gasteiger partial charge in [-0.3, -0.25) is 4.79 Å². The summed E-state index contributed by atoms with van der Waals surface area (Å²) in [7, 11) is 0. The molecule has 0 saturated carbocycles. The number of carboxylic acid groups (broad SMARTS) is 1. The number of hydrogen-bond donors (Lipinski definition) is 3. The van der Waals surface area contributed by atoms with Gasteiger partial charge in [-0.25, -0.2) is 9.59 Å². The van der Waals surface area contributed by atoms with Gasteiger partial charge in [0.15, 0.2) is 0 Å². The van der Waals surface area contributed by atoms with Gasteiger partial charge in [0.05, 0.1) is 6.54 Å². The third-order valence-electron chi connectivity index (χ3n) is 8.07. The summed E-state index contributed by atoms with van der Waals surface area (Å²) in [6.45, 7) is 6.87. The predicted molar refractivity (Wildman–Crippen MR) is 167 cm³/mol. The number of alkyl carbamates (subject to hydrolysis) is 1. The molecule has 1 aromatic heterocycles. The number of piperidine rings is 1. The number of carbonyl (C=O) groups excluding carboxylic acids is 2. The number of rotatable bonds is 8. The van der Waals surface area contributed by atoms with Crippen molar-refractivity contribution in [2.75, 3.05) is 13.1 Å². The first-order chi connectivity index (χ1) is 20.9. The van der Waals surface area contributed by atoms with Crippen LogP contribution in [0.25, 0.3) is 10.9 Å². The molecule has 0 spiro atoms. The average Bonchev–Trinajstić information content (AvgIpc) is 3.41. The SMILES string of the molecule is CC(C)(C)OC(=O)NCc1cccc(C2CCN(C(=O)c3ccc4ccn(CC(O)(C(=O)O)c5ccccc5)c4c3)CC2)c1. The van der Waals surface area contributed by atoms with E-state index in [0.29, 0.717) is 36.6 Å². The van der Waals surface area contributed by atoms with Crippen LogP contribution in [-0.4, -0.2) is 56.3 Å². The Morgan fingerprint density at radius 2 is 1.66 bits per heavy atom. The van der Waals surface area contributed by atoms with Crippen LogP contribution < -0.4 is 5.32 Å². The minimum Gasteiger partial charge on any atom is -0.479 e. The van der Waals surface area contributed by atoms with E-state index in [9.17, 15) is 24.6 Å². The van der Waals surface area contributed by atoms with Crippen molar-refractivity contribution in [1.29, 1.82) is 0 Å². The van der Waals surface area contributed by atoms with Crippen LogP contribution in [0, 0.1) is 0 Å². The molecule has 1 aliphatic rings. The lowest BCUT2D eigenvalue weighted by Gasteiger charge is -2.32. The summed E-state index contributed by atoms with van der Waals surface area (Å²) in [6.07, 6.45) is 2.92. The second kappa shape index (κ2) is 12.5. The molecule has 1 unspecified atom stereocenters. The normalized spacial score (nSPS) is 15.5. The number of fused-ring (bicyclic) bond motifs is 1. The van der Waals surface area contributed by atoms with Crippen molar-refractivity contribution in [2.45, 2.75) is 63.8 Å². The molecule has 1 aliphatic heterocycles. The van der Waals surface area contributed by atoms with E-state index in [-0.39, 0.29) is 18.0 Å². The fourth-order valence-corrected chi connectivity index (χ4v) is 5.74. The molecule has 1 atom stereocenters. The Hall–Kier alpha value is -4.63. The summed E-state index contributed by atoms with van der Waals surface area (Å²) in [5.41, 5.74) is 0.978. The zero-order valence-electron chi connectivity index (χ0n) is 25.3. The number of benzene rings is 3. The molecule has 2 heterocycles. The lowest BCUT2D eigenvalue weighted by Crippen LogP contribution is -2.39. The van der Waals surface area contributed by atoms with Crippen molar-refractivity contribution in [3.8, 4) is 0 Å². The molecule has 5 rings (SSSR count). The third kappa shape index (κ3) is 6.94. The highest BCUT2D eigenvalue weighted by Crippen LogP contribution is 2.31. The van der Waals surface area contributed by atoms with Crippen molar-refractivity contribution >= 4 is 28.9 Å². The van der Waals surface area contributed by atoms with Crippen LogP contribution in [0.3, 0.4) is 0 Å². The van der Waals surface area contributed by atoms with Gasteiger partial charge >= 0.3 is 12.1 Å². The monoisotopic (exact) mass is 597 g/mol. The largest absolute Gasteiger partial charge is 0.479 e. The van der Waals surface area contributed by atoms with E-state index in [1.54, 1.807) is 53.2 Å². The van der Waals surface area contributed by atoms with Gasteiger partial charge in [-0.2, -0.15) is 0 Å². The van der Waals surface area contributed by atoms with Gasteiger partial charge in [-0.05, 0) is 79.8 Å². The van der Waals surface area contributed by atoms with Crippen molar-refractivity contribution in [2.24, 2.45) is 0 Å². The van der Waals surface area contributed by atoms with Gasteiger partial charge < -0.3 is 29.7 Å². The van der Waals surface area contributed by atoms with E-state index in [0.717, 1.165) is 23.8 Å². The second-order valence-corrected chi connectivity index (χ2v) is 12.4. The van der Waals surface area contributed by atoms with Crippen molar-refractivity contribution in [3.05, 3.63) is 107 Å². The number of likely N-dealkylation sites (tertiary alicyclic amines) is 1. The number of aliphatic carboxylic acids is 1. The number of amides is 2. The van der Waals surface area contributed by atoms with Gasteiger partial charge in [-0.15, -0.1) is 0 Å². The van der Waals surface area contributed by atoms with Gasteiger partial charge in [0.2, 0.25) is 5.60 Å². The quantitative estimate of drug-likeness (QED) is 0.241. The fraction of sp³-hybridized carbons (Fsp3) is 0.343. The highest BCUT2D eigenvalue weighted by atomic mass is 16.6. The van der Waals surface area contributed by atoms with Gasteiger partial charge in [0.1, 0.15) is 5.60 Å². The van der Waals surface area contributed by atoms with E-state index >= 15 is 0 Å². The number of nitrogens with zero attached hydrogens (tertiary/aromatic N) is 2. The minimum atomic E-state index is -2.13. The van der Waals surface area contributed by atoms with E-state index in [4.69, 9.17) is 4.74 Å². The Kier molecular flexibility index (Phi) is 8.78. The first-order valence-electron chi connectivity index (χ1n) is 14.9. The van der Waals surface area contributed by atoms with Crippen molar-refractivity contribution in [3.63, 3.8) is 0 Å². The lowest BCUT2D eigenvalue weighted by atomic mass is 9.88. The van der Waals surface area contributed by atoms with Crippen LogP contribution in [0.1, 0.15) is 66.6 Å². The van der Waals surface area contributed by atoms with Gasteiger partial charge in [0, 0.05) is 36.9 Å². The maximum absolute atomic E-state index is 13.6. The van der Waals surface area contributed by atoms with Crippen molar-refractivity contribution in [1.82, 2.24) is 14.8 Å². The van der Waals surface area contributed by atoms with Gasteiger partial charge in [-0.1, -0.05) is 60.7 Å². The van der Waals surface area contributed by atoms with E-state index in [1.165, 1.54) is 5.56 Å². The zero-order chi connectivity index (χ0) is 31.5. The molecular formula is C35H39N3O6. The molecule has 9 nitrogen and oxygen atoms in total. The summed E-state index contributed by atoms with van der Waals surface area (Å²) >= 11 is 0. The van der Waals surface area contributed by atoms with Crippen LogP contribution >= 0.6 is 0 Å². The standard InChI is InChI=1S/C35H39N3O6/c1-34(2,3)44-33(42)36-22-24-8-7-9-27(20-24)25-14-17-37(18-15-25)31(39)28-13-12-26-16-19-38(30(26)21-28)23-35(43,32(40)41)29-10-5-4-6-11-29/h4-13,16,19-21,25,43H,14-15,17-18,22-23H2,1-3H3,(H,36,42)(H,40,41). The van der Waals surface area contributed by atoms with E-state index in [2.05, 4.69) is 17.4 Å². The summed E-state index contributed by atoms with van der Waals surface area (Å²) in [5, 5.41) is 24.8. The third-order valence-corrected chi connectivity index (χ3v) is 8.07. The Bertz CT molecular complexity index is 1650. The first-order valence-corrected chi connectivity index (χ1v) is 14.9. The van der Waals surface area contributed by atoms with Gasteiger partial charge in [0.25, 0.3) is 5.91 Å². The number of aliphatic hydroxyl groups is 1. The number of aromatic nitrogens is 1. The predicted octanol–water partition coefficient (Wildman–Crippen LogP) is 5.66. The average molecular weight is 598 g/mol.